The molecule has 2 aromatic carbocycles. The summed E-state index contributed by atoms with van der Waals surface area (Å²) in [4.78, 5) is 12.0. The molecule has 1 saturated heterocycles. The second-order valence-corrected chi connectivity index (χ2v) is 5.40. The van der Waals surface area contributed by atoms with Gasteiger partial charge in [-0.25, -0.2) is 0 Å². The maximum absolute atomic E-state index is 12.0. The summed E-state index contributed by atoms with van der Waals surface area (Å²) < 4.78 is 6.10. The molecule has 0 radical (unpaired) electrons. The van der Waals surface area contributed by atoms with E-state index >= 15 is 0 Å². The number of rotatable bonds is 2. The van der Waals surface area contributed by atoms with Crippen molar-refractivity contribution in [2.45, 2.75) is 25.0 Å². The molecule has 2 atom stereocenters. The van der Waals surface area contributed by atoms with E-state index in [1.54, 1.807) is 0 Å². The predicted molar refractivity (Wildman–Crippen MR) is 78.7 cm³/mol. The summed E-state index contributed by atoms with van der Waals surface area (Å²) in [6.07, 6.45) is 0.395. The quantitative estimate of drug-likeness (QED) is 0.812. The molecule has 1 heterocycles. The molecule has 102 valence electrons. The second-order valence-electron chi connectivity index (χ2n) is 4.99. The molecule has 2 nitrogen and oxygen atoms in total. The number of benzene rings is 2. The van der Waals surface area contributed by atoms with Crippen LogP contribution in [0.5, 0.6) is 0 Å². The van der Waals surface area contributed by atoms with Crippen molar-refractivity contribution in [3.8, 4) is 0 Å². The van der Waals surface area contributed by atoms with Crippen LogP contribution in [0, 0.1) is 0 Å². The molecule has 0 bridgehead atoms. The maximum atomic E-state index is 12.0. The van der Waals surface area contributed by atoms with Crippen LogP contribution in [-0.4, -0.2) is 5.78 Å². The standard InChI is InChI=1S/C17H15ClO2/c18-15-9-5-4-8-14(15)17-11-13(19)10-16(20-17)12-6-2-1-3-7-12/h1-9,16-17H,10-11H2/t16-,17-/m1/s1. The number of carbonyl (C=O) groups is 1. The number of ether oxygens (including phenoxy) is 1. The topological polar surface area (TPSA) is 26.3 Å². The minimum absolute atomic E-state index is 0.182. The number of halogens is 1. The average molecular weight is 287 g/mol. The fraction of sp³-hybridized carbons (Fsp3) is 0.235. The van der Waals surface area contributed by atoms with Crippen molar-refractivity contribution in [2.75, 3.05) is 0 Å². The molecule has 0 aliphatic carbocycles. The van der Waals surface area contributed by atoms with Gasteiger partial charge in [0.1, 0.15) is 5.78 Å². The van der Waals surface area contributed by atoms with Gasteiger partial charge in [0.2, 0.25) is 0 Å². The number of hydrogen-bond donors (Lipinski definition) is 0. The molecular formula is C17H15ClO2. The van der Waals surface area contributed by atoms with Gasteiger partial charge >= 0.3 is 0 Å². The highest BCUT2D eigenvalue weighted by Crippen LogP contribution is 2.38. The molecule has 20 heavy (non-hydrogen) atoms. The Labute approximate surface area is 123 Å². The van der Waals surface area contributed by atoms with E-state index in [1.165, 1.54) is 0 Å². The SMILES string of the molecule is O=C1C[C@H](c2ccccc2)O[C@@H](c2ccccc2Cl)C1. The van der Waals surface area contributed by atoms with Crippen molar-refractivity contribution in [3.05, 3.63) is 70.7 Å². The van der Waals surface area contributed by atoms with Gasteiger partial charge in [-0.05, 0) is 17.2 Å². The van der Waals surface area contributed by atoms with Crippen LogP contribution in [0.25, 0.3) is 0 Å². The van der Waals surface area contributed by atoms with Gasteiger partial charge < -0.3 is 4.74 Å². The van der Waals surface area contributed by atoms with Crippen molar-refractivity contribution < 1.29 is 9.53 Å². The van der Waals surface area contributed by atoms with Gasteiger partial charge in [0.25, 0.3) is 0 Å². The van der Waals surface area contributed by atoms with Gasteiger partial charge in [-0.3, -0.25) is 4.79 Å². The number of hydrogen-bond acceptors (Lipinski definition) is 2. The summed E-state index contributed by atoms with van der Waals surface area (Å²) in [5.41, 5.74) is 1.93. The van der Waals surface area contributed by atoms with Crippen LogP contribution in [0.15, 0.2) is 54.6 Å². The van der Waals surface area contributed by atoms with E-state index in [0.29, 0.717) is 17.9 Å². The fourth-order valence-corrected chi connectivity index (χ4v) is 2.83. The summed E-state index contributed by atoms with van der Waals surface area (Å²) in [5.74, 6) is 0.218. The van der Waals surface area contributed by atoms with Crippen molar-refractivity contribution in [2.24, 2.45) is 0 Å². The molecule has 2 aromatic rings. The number of ketones is 1. The molecule has 0 aromatic heterocycles. The van der Waals surface area contributed by atoms with E-state index < -0.39 is 0 Å². The van der Waals surface area contributed by atoms with Crippen LogP contribution < -0.4 is 0 Å². The Hall–Kier alpha value is -1.64. The molecule has 0 unspecified atom stereocenters. The average Bonchev–Trinajstić information content (AvgIpc) is 2.48. The monoisotopic (exact) mass is 286 g/mol. The first-order chi connectivity index (χ1) is 9.74. The minimum atomic E-state index is -0.254. The minimum Gasteiger partial charge on any atom is -0.365 e. The maximum Gasteiger partial charge on any atom is 0.138 e. The first kappa shape index (κ1) is 13.3. The largest absolute Gasteiger partial charge is 0.365 e. The van der Waals surface area contributed by atoms with Gasteiger partial charge in [-0.15, -0.1) is 0 Å². The molecular weight excluding hydrogens is 272 g/mol. The van der Waals surface area contributed by atoms with E-state index in [2.05, 4.69) is 0 Å². The highest BCUT2D eigenvalue weighted by atomic mass is 35.5. The molecule has 0 saturated carbocycles. The number of carbonyl (C=O) groups excluding carboxylic acids is 1. The van der Waals surface area contributed by atoms with Crippen LogP contribution in [0.3, 0.4) is 0 Å². The van der Waals surface area contributed by atoms with Gasteiger partial charge in [-0.1, -0.05) is 60.1 Å². The molecule has 0 spiro atoms. The Morgan fingerprint density at radius 2 is 1.55 bits per heavy atom. The lowest BCUT2D eigenvalue weighted by molar-refractivity contribution is -0.136. The highest BCUT2D eigenvalue weighted by Gasteiger charge is 2.30. The molecule has 3 heteroatoms. The van der Waals surface area contributed by atoms with Gasteiger partial charge in [0, 0.05) is 17.9 Å². The molecule has 0 N–H and O–H groups in total. The third-order valence-corrected chi connectivity index (χ3v) is 3.92. The second kappa shape index (κ2) is 5.78. The molecule has 1 aliphatic heterocycles. The Balaban J connectivity index is 1.87. The van der Waals surface area contributed by atoms with Crippen LogP contribution in [0.4, 0.5) is 0 Å². The van der Waals surface area contributed by atoms with Crippen molar-refractivity contribution >= 4 is 17.4 Å². The zero-order valence-corrected chi connectivity index (χ0v) is 11.7. The number of Topliss-reactive ketones (excluding diaryl/α,β-unsaturated/α-hetero) is 1. The summed E-state index contributed by atoms with van der Waals surface area (Å²) in [6, 6.07) is 17.4. The molecule has 0 amide bonds. The predicted octanol–water partition coefficient (Wildman–Crippen LogP) is 4.50. The lowest BCUT2D eigenvalue weighted by Gasteiger charge is -2.30. The lowest BCUT2D eigenvalue weighted by atomic mass is 9.94. The van der Waals surface area contributed by atoms with Crippen LogP contribution in [0.2, 0.25) is 5.02 Å². The summed E-state index contributed by atoms with van der Waals surface area (Å²) in [5, 5.41) is 0.652. The van der Waals surface area contributed by atoms with E-state index in [9.17, 15) is 4.79 Å². The van der Waals surface area contributed by atoms with Gasteiger partial charge in [0.05, 0.1) is 12.2 Å². The van der Waals surface area contributed by atoms with Gasteiger partial charge in [-0.2, -0.15) is 0 Å². The van der Waals surface area contributed by atoms with Crippen molar-refractivity contribution in [1.29, 1.82) is 0 Å². The third-order valence-electron chi connectivity index (χ3n) is 3.58. The Kier molecular flexibility index (Phi) is 3.86. The Morgan fingerprint density at radius 3 is 2.30 bits per heavy atom. The van der Waals surface area contributed by atoms with E-state index in [0.717, 1.165) is 11.1 Å². The highest BCUT2D eigenvalue weighted by molar-refractivity contribution is 6.31. The first-order valence-corrected chi connectivity index (χ1v) is 7.08. The molecule has 3 rings (SSSR count). The van der Waals surface area contributed by atoms with Crippen LogP contribution >= 0.6 is 11.6 Å². The van der Waals surface area contributed by atoms with E-state index in [4.69, 9.17) is 16.3 Å². The summed E-state index contributed by atoms with van der Waals surface area (Å²) in [6.45, 7) is 0. The van der Waals surface area contributed by atoms with E-state index in [-0.39, 0.29) is 18.0 Å². The van der Waals surface area contributed by atoms with Crippen molar-refractivity contribution in [1.82, 2.24) is 0 Å². The fourth-order valence-electron chi connectivity index (χ4n) is 2.57. The van der Waals surface area contributed by atoms with Gasteiger partial charge in [0.15, 0.2) is 0 Å². The molecule has 1 fully saturated rings. The first-order valence-electron chi connectivity index (χ1n) is 6.70. The zero-order chi connectivity index (χ0) is 13.9. The summed E-state index contributed by atoms with van der Waals surface area (Å²) in [7, 11) is 0. The Bertz CT molecular complexity index is 609. The smallest absolute Gasteiger partial charge is 0.138 e. The van der Waals surface area contributed by atoms with Crippen LogP contribution in [-0.2, 0) is 9.53 Å². The normalized spacial score (nSPS) is 22.8. The summed E-state index contributed by atoms with van der Waals surface area (Å²) >= 11 is 6.21. The molecule has 1 aliphatic rings. The van der Waals surface area contributed by atoms with Crippen molar-refractivity contribution in [3.63, 3.8) is 0 Å². The zero-order valence-electron chi connectivity index (χ0n) is 11.0. The van der Waals surface area contributed by atoms with Crippen LogP contribution in [0.1, 0.15) is 36.2 Å². The van der Waals surface area contributed by atoms with E-state index in [1.807, 2.05) is 54.6 Å². The third kappa shape index (κ3) is 2.77. The Morgan fingerprint density at radius 1 is 0.900 bits per heavy atom. The lowest BCUT2D eigenvalue weighted by Crippen LogP contribution is -2.23.